The number of esters is 1. The van der Waals surface area contributed by atoms with E-state index in [1.807, 2.05) is 0 Å². The van der Waals surface area contributed by atoms with Gasteiger partial charge in [-0.15, -0.1) is 0 Å². The molecule has 6 heteroatoms. The lowest BCUT2D eigenvalue weighted by Crippen LogP contribution is -2.12. The third kappa shape index (κ3) is 3.43. The molecule has 0 N–H and O–H groups in total. The highest BCUT2D eigenvalue weighted by Gasteiger charge is 2.19. The molecule has 0 amide bonds. The zero-order valence-corrected chi connectivity index (χ0v) is 10.7. The molecule has 0 saturated carbocycles. The molecule has 0 heterocycles. The summed E-state index contributed by atoms with van der Waals surface area (Å²) in [6.07, 6.45) is -0.467. The molecule has 1 aromatic rings. The number of carbonyl (C=O) groups excluding carboxylic acids is 2. The number of hydrogen-bond acceptors (Lipinski definition) is 4. The van der Waals surface area contributed by atoms with E-state index in [2.05, 4.69) is 4.74 Å². The molecule has 1 rings (SSSR count). The second kappa shape index (κ2) is 6.35. The maximum absolute atomic E-state index is 13.3. The van der Waals surface area contributed by atoms with Crippen molar-refractivity contribution in [3.05, 3.63) is 28.5 Å². The number of methoxy groups -OCH3 is 1. The lowest BCUT2D eigenvalue weighted by Gasteiger charge is -2.08. The van der Waals surface area contributed by atoms with Crippen LogP contribution in [0.1, 0.15) is 23.7 Å². The fourth-order valence-corrected chi connectivity index (χ4v) is 1.51. The van der Waals surface area contributed by atoms with Crippen LogP contribution < -0.4 is 4.74 Å². The first kappa shape index (κ1) is 14.4. The van der Waals surface area contributed by atoms with Crippen LogP contribution >= 0.6 is 11.6 Å². The number of ether oxygens (including phenoxy) is 2. The van der Waals surface area contributed by atoms with Gasteiger partial charge in [0.15, 0.2) is 5.78 Å². The molecule has 0 atom stereocenters. The van der Waals surface area contributed by atoms with Crippen molar-refractivity contribution in [1.82, 2.24) is 0 Å². The fourth-order valence-electron chi connectivity index (χ4n) is 1.35. The maximum Gasteiger partial charge on any atom is 0.313 e. The van der Waals surface area contributed by atoms with Crippen LogP contribution in [0.5, 0.6) is 5.75 Å². The molecule has 98 valence electrons. The van der Waals surface area contributed by atoms with Crippen LogP contribution in [0.2, 0.25) is 5.02 Å². The van der Waals surface area contributed by atoms with Crippen molar-refractivity contribution in [2.75, 3.05) is 13.7 Å². The molecule has 0 unspecified atom stereocenters. The monoisotopic (exact) mass is 274 g/mol. The lowest BCUT2D eigenvalue weighted by molar-refractivity contribution is -0.141. The van der Waals surface area contributed by atoms with Crippen molar-refractivity contribution in [3.8, 4) is 5.75 Å². The fraction of sp³-hybridized carbons (Fsp3) is 0.333. The van der Waals surface area contributed by atoms with Gasteiger partial charge >= 0.3 is 5.97 Å². The summed E-state index contributed by atoms with van der Waals surface area (Å²) < 4.78 is 22.8. The van der Waals surface area contributed by atoms with E-state index in [0.29, 0.717) is 0 Å². The van der Waals surface area contributed by atoms with E-state index in [4.69, 9.17) is 16.3 Å². The molecule has 0 aliphatic carbocycles. The quantitative estimate of drug-likeness (QED) is 0.470. The van der Waals surface area contributed by atoms with Crippen molar-refractivity contribution in [2.45, 2.75) is 13.3 Å². The minimum Gasteiger partial charge on any atom is -0.496 e. The Hall–Kier alpha value is -1.62. The van der Waals surface area contributed by atoms with Crippen molar-refractivity contribution in [3.63, 3.8) is 0 Å². The summed E-state index contributed by atoms with van der Waals surface area (Å²) in [4.78, 5) is 23.0. The van der Waals surface area contributed by atoms with Crippen LogP contribution in [0.15, 0.2) is 12.1 Å². The number of ketones is 1. The van der Waals surface area contributed by atoms with E-state index in [9.17, 15) is 14.0 Å². The molecule has 18 heavy (non-hydrogen) atoms. The number of rotatable bonds is 5. The second-order valence-corrected chi connectivity index (χ2v) is 3.78. The standard InChI is InChI=1S/C12H12ClFO4/c1-3-18-12(16)6-10(15)7-4-9(14)8(13)5-11(7)17-2/h4-5H,3,6H2,1-2H3. The normalized spacial score (nSPS) is 10.0. The van der Waals surface area contributed by atoms with Crippen LogP contribution in [-0.4, -0.2) is 25.5 Å². The summed E-state index contributed by atoms with van der Waals surface area (Å²) in [5, 5.41) is -0.153. The largest absolute Gasteiger partial charge is 0.496 e. The van der Waals surface area contributed by atoms with Gasteiger partial charge in [0, 0.05) is 6.07 Å². The molecule has 0 aliphatic rings. The topological polar surface area (TPSA) is 52.6 Å². The van der Waals surface area contributed by atoms with Gasteiger partial charge in [-0.05, 0) is 13.0 Å². The minimum absolute atomic E-state index is 0.0348. The van der Waals surface area contributed by atoms with E-state index in [1.165, 1.54) is 13.2 Å². The van der Waals surface area contributed by atoms with E-state index < -0.39 is 24.0 Å². The molecular formula is C12H12ClFO4. The molecule has 0 saturated heterocycles. The average Bonchev–Trinajstić information content (AvgIpc) is 2.32. The highest BCUT2D eigenvalue weighted by molar-refractivity contribution is 6.31. The van der Waals surface area contributed by atoms with Crippen LogP contribution in [0.4, 0.5) is 4.39 Å². The zero-order valence-electron chi connectivity index (χ0n) is 9.96. The molecule has 0 radical (unpaired) electrons. The van der Waals surface area contributed by atoms with Crippen molar-refractivity contribution < 1.29 is 23.5 Å². The zero-order chi connectivity index (χ0) is 13.7. The van der Waals surface area contributed by atoms with Gasteiger partial charge in [0.2, 0.25) is 0 Å². The summed E-state index contributed by atoms with van der Waals surface area (Å²) in [6, 6.07) is 2.14. The Kier molecular flexibility index (Phi) is 5.09. The number of halogens is 2. The molecular weight excluding hydrogens is 263 g/mol. The Bertz CT molecular complexity index is 473. The first-order valence-corrected chi connectivity index (χ1v) is 5.59. The SMILES string of the molecule is CCOC(=O)CC(=O)c1cc(F)c(Cl)cc1OC. The van der Waals surface area contributed by atoms with E-state index in [1.54, 1.807) is 6.92 Å². The summed E-state index contributed by atoms with van der Waals surface area (Å²) in [6.45, 7) is 1.81. The van der Waals surface area contributed by atoms with Gasteiger partial charge in [-0.25, -0.2) is 4.39 Å². The van der Waals surface area contributed by atoms with Gasteiger partial charge < -0.3 is 9.47 Å². The Morgan fingerprint density at radius 2 is 2.06 bits per heavy atom. The molecule has 0 spiro atoms. The van der Waals surface area contributed by atoms with Gasteiger partial charge in [0.1, 0.15) is 18.0 Å². The summed E-state index contributed by atoms with van der Waals surface area (Å²) in [5.41, 5.74) is -0.0348. The predicted octanol–water partition coefficient (Wildman–Crippen LogP) is 2.62. The van der Waals surface area contributed by atoms with Crippen molar-refractivity contribution >= 4 is 23.4 Å². The summed E-state index contributed by atoms with van der Waals surface area (Å²) >= 11 is 5.57. The van der Waals surface area contributed by atoms with Crippen LogP contribution in [0, 0.1) is 5.82 Å². The summed E-state index contributed by atoms with van der Waals surface area (Å²) in [7, 11) is 1.32. The number of benzene rings is 1. The van der Waals surface area contributed by atoms with Crippen LogP contribution in [0.25, 0.3) is 0 Å². The van der Waals surface area contributed by atoms with Gasteiger partial charge in [-0.1, -0.05) is 11.6 Å². The smallest absolute Gasteiger partial charge is 0.313 e. The molecule has 4 nitrogen and oxygen atoms in total. The Morgan fingerprint density at radius 1 is 1.39 bits per heavy atom. The van der Waals surface area contributed by atoms with E-state index in [0.717, 1.165) is 6.07 Å². The highest BCUT2D eigenvalue weighted by Crippen LogP contribution is 2.27. The van der Waals surface area contributed by atoms with E-state index in [-0.39, 0.29) is 22.9 Å². The number of Topliss-reactive ketones (excluding diaryl/α,β-unsaturated/α-hetero) is 1. The van der Waals surface area contributed by atoms with E-state index >= 15 is 0 Å². The molecule has 0 aliphatic heterocycles. The average molecular weight is 275 g/mol. The number of carbonyl (C=O) groups is 2. The first-order valence-electron chi connectivity index (χ1n) is 5.21. The lowest BCUT2D eigenvalue weighted by atomic mass is 10.1. The molecule has 0 aromatic heterocycles. The molecule has 1 aromatic carbocycles. The Morgan fingerprint density at radius 3 is 2.61 bits per heavy atom. The molecule has 0 fully saturated rings. The van der Waals surface area contributed by atoms with Crippen molar-refractivity contribution in [2.24, 2.45) is 0 Å². The second-order valence-electron chi connectivity index (χ2n) is 3.37. The van der Waals surface area contributed by atoms with Crippen LogP contribution in [0.3, 0.4) is 0 Å². The predicted molar refractivity (Wildman–Crippen MR) is 63.5 cm³/mol. The maximum atomic E-state index is 13.3. The van der Waals surface area contributed by atoms with Gasteiger partial charge in [0.25, 0.3) is 0 Å². The molecule has 0 bridgehead atoms. The number of hydrogen-bond donors (Lipinski definition) is 0. The third-order valence-corrected chi connectivity index (χ3v) is 2.44. The minimum atomic E-state index is -0.746. The van der Waals surface area contributed by atoms with Gasteiger partial charge in [-0.2, -0.15) is 0 Å². The highest BCUT2D eigenvalue weighted by atomic mass is 35.5. The van der Waals surface area contributed by atoms with Gasteiger partial charge in [0.05, 0.1) is 24.3 Å². The first-order chi connectivity index (χ1) is 8.49. The van der Waals surface area contributed by atoms with Crippen molar-refractivity contribution in [1.29, 1.82) is 0 Å². The third-order valence-electron chi connectivity index (χ3n) is 2.15. The Balaban J connectivity index is 2.98. The van der Waals surface area contributed by atoms with Crippen LogP contribution in [-0.2, 0) is 9.53 Å². The Labute approximate surface area is 109 Å². The van der Waals surface area contributed by atoms with Gasteiger partial charge in [-0.3, -0.25) is 9.59 Å². The summed E-state index contributed by atoms with van der Waals surface area (Å²) in [5.74, 6) is -1.87.